The summed E-state index contributed by atoms with van der Waals surface area (Å²) in [5, 5.41) is 3.50. The fourth-order valence-electron chi connectivity index (χ4n) is 3.40. The third-order valence-corrected chi connectivity index (χ3v) is 5.01. The van der Waals surface area contributed by atoms with Crippen LogP contribution in [-0.2, 0) is 19.9 Å². The lowest BCUT2D eigenvalue weighted by Gasteiger charge is -2.20. The molecule has 7 nitrogen and oxygen atoms in total. The first-order valence-corrected chi connectivity index (χ1v) is 9.11. The molecule has 2 aliphatic rings. The van der Waals surface area contributed by atoms with Crippen LogP contribution in [0.1, 0.15) is 40.3 Å². The molecule has 3 heterocycles. The Labute approximate surface area is 152 Å². The molecule has 0 saturated heterocycles. The van der Waals surface area contributed by atoms with Gasteiger partial charge in [0.05, 0.1) is 5.69 Å². The summed E-state index contributed by atoms with van der Waals surface area (Å²) in [5.74, 6) is 1.46. The first-order chi connectivity index (χ1) is 12.5. The van der Waals surface area contributed by atoms with Crippen molar-refractivity contribution in [2.24, 2.45) is 7.05 Å². The number of aryl methyl sites for hydroxylation is 2. The van der Waals surface area contributed by atoms with E-state index in [4.69, 9.17) is 0 Å². The van der Waals surface area contributed by atoms with Gasteiger partial charge in [-0.1, -0.05) is 0 Å². The maximum absolute atomic E-state index is 12.9. The van der Waals surface area contributed by atoms with Crippen molar-refractivity contribution in [3.05, 3.63) is 51.3 Å². The third-order valence-electron chi connectivity index (χ3n) is 5.01. The van der Waals surface area contributed by atoms with E-state index in [0.29, 0.717) is 32.0 Å². The molecule has 7 heteroatoms. The van der Waals surface area contributed by atoms with Crippen molar-refractivity contribution in [1.82, 2.24) is 19.4 Å². The van der Waals surface area contributed by atoms with Crippen LogP contribution in [0.15, 0.2) is 23.1 Å². The second kappa shape index (κ2) is 6.55. The van der Waals surface area contributed by atoms with Crippen LogP contribution in [0, 0.1) is 6.92 Å². The van der Waals surface area contributed by atoms with Gasteiger partial charge in [-0.3, -0.25) is 9.59 Å². The highest BCUT2D eigenvalue weighted by Gasteiger charge is 2.27. The van der Waals surface area contributed by atoms with E-state index in [2.05, 4.69) is 15.3 Å². The van der Waals surface area contributed by atoms with Gasteiger partial charge in [0.25, 0.3) is 11.5 Å². The number of hydrogen-bond donors (Lipinski definition) is 1. The van der Waals surface area contributed by atoms with Crippen molar-refractivity contribution >= 4 is 11.7 Å². The molecule has 1 aliphatic heterocycles. The third kappa shape index (κ3) is 3.21. The molecule has 0 aromatic carbocycles. The summed E-state index contributed by atoms with van der Waals surface area (Å²) in [6.45, 7) is 3.03. The smallest absolute Gasteiger partial charge is 0.263 e. The summed E-state index contributed by atoms with van der Waals surface area (Å²) in [5.41, 5.74) is 2.08. The van der Waals surface area contributed by atoms with Gasteiger partial charge in [0.1, 0.15) is 17.2 Å². The number of pyridine rings is 1. The number of carbonyl (C=O) groups is 1. The molecule has 1 amide bonds. The summed E-state index contributed by atoms with van der Waals surface area (Å²) in [7, 11) is 1.66. The number of hydrogen-bond acceptors (Lipinski definition) is 5. The minimum atomic E-state index is -0.258. The second-order valence-corrected chi connectivity index (χ2v) is 7.09. The molecule has 136 valence electrons. The number of fused-ring (bicyclic) bond motifs is 1. The Bertz CT molecular complexity index is 917. The number of anilines is 1. The Morgan fingerprint density at radius 2 is 2.00 bits per heavy atom. The van der Waals surface area contributed by atoms with E-state index in [1.807, 2.05) is 6.92 Å². The summed E-state index contributed by atoms with van der Waals surface area (Å²) in [6.07, 6.45) is 5.39. The number of nitrogens with zero attached hydrogens (tertiary/aromatic N) is 4. The van der Waals surface area contributed by atoms with Crippen LogP contribution in [0.5, 0.6) is 0 Å². The number of rotatable bonds is 3. The van der Waals surface area contributed by atoms with Gasteiger partial charge in [-0.15, -0.1) is 0 Å². The van der Waals surface area contributed by atoms with Crippen molar-refractivity contribution in [2.75, 3.05) is 18.4 Å². The van der Waals surface area contributed by atoms with E-state index in [1.54, 1.807) is 30.3 Å². The maximum Gasteiger partial charge on any atom is 0.263 e. The van der Waals surface area contributed by atoms with Crippen LogP contribution in [0.2, 0.25) is 0 Å². The molecule has 0 spiro atoms. The minimum Gasteiger partial charge on any atom is -0.367 e. The lowest BCUT2D eigenvalue weighted by atomic mass is 10.1. The molecular formula is C19H23N5O2. The SMILES string of the molecule is Cc1nc2c(c(NC3CC3)n1)CCN(C(=O)c1cccn(C)c1=O)CC2. The first kappa shape index (κ1) is 16.8. The Balaban J connectivity index is 1.59. The molecule has 0 atom stereocenters. The van der Waals surface area contributed by atoms with Crippen LogP contribution in [-0.4, -0.2) is 44.5 Å². The zero-order valence-corrected chi connectivity index (χ0v) is 15.2. The molecule has 0 bridgehead atoms. The van der Waals surface area contributed by atoms with Crippen molar-refractivity contribution in [1.29, 1.82) is 0 Å². The van der Waals surface area contributed by atoms with Crippen molar-refractivity contribution in [3.8, 4) is 0 Å². The van der Waals surface area contributed by atoms with Gasteiger partial charge in [0, 0.05) is 44.4 Å². The minimum absolute atomic E-state index is 0.208. The van der Waals surface area contributed by atoms with Crippen molar-refractivity contribution in [2.45, 2.75) is 38.6 Å². The number of carbonyl (C=O) groups excluding carboxylic acids is 1. The van der Waals surface area contributed by atoms with E-state index < -0.39 is 0 Å². The predicted octanol–water partition coefficient (Wildman–Crippen LogP) is 1.30. The van der Waals surface area contributed by atoms with Gasteiger partial charge in [-0.25, -0.2) is 9.97 Å². The molecule has 1 N–H and O–H groups in total. The monoisotopic (exact) mass is 353 g/mol. The standard InChI is InChI=1S/C19H23N5O2/c1-12-20-16-8-11-24(19(26)15-4-3-9-23(2)18(15)25)10-7-14(16)17(21-12)22-13-5-6-13/h3-4,9,13H,5-8,10-11H2,1-2H3,(H,20,21,22). The zero-order valence-electron chi connectivity index (χ0n) is 15.2. The second-order valence-electron chi connectivity index (χ2n) is 7.09. The Kier molecular flexibility index (Phi) is 4.22. The molecule has 1 saturated carbocycles. The average Bonchev–Trinajstić information content (AvgIpc) is 3.43. The molecule has 0 radical (unpaired) electrons. The van der Waals surface area contributed by atoms with Gasteiger partial charge in [0.15, 0.2) is 0 Å². The quantitative estimate of drug-likeness (QED) is 0.900. The van der Waals surface area contributed by atoms with Crippen LogP contribution >= 0.6 is 0 Å². The topological polar surface area (TPSA) is 80.1 Å². The highest BCUT2D eigenvalue weighted by molar-refractivity contribution is 5.93. The molecule has 1 aliphatic carbocycles. The van der Waals surface area contributed by atoms with E-state index in [0.717, 1.165) is 22.9 Å². The fourth-order valence-corrected chi connectivity index (χ4v) is 3.40. The number of nitrogens with one attached hydrogen (secondary N) is 1. The van der Waals surface area contributed by atoms with Gasteiger partial charge >= 0.3 is 0 Å². The number of amides is 1. The molecular weight excluding hydrogens is 330 g/mol. The van der Waals surface area contributed by atoms with E-state index in [9.17, 15) is 9.59 Å². The van der Waals surface area contributed by atoms with Gasteiger partial charge in [-0.05, 0) is 38.3 Å². The average molecular weight is 353 g/mol. The molecule has 4 rings (SSSR count). The summed E-state index contributed by atoms with van der Waals surface area (Å²) in [4.78, 5) is 36.1. The van der Waals surface area contributed by atoms with Crippen LogP contribution in [0.4, 0.5) is 5.82 Å². The lowest BCUT2D eigenvalue weighted by molar-refractivity contribution is 0.0760. The maximum atomic E-state index is 12.9. The molecule has 26 heavy (non-hydrogen) atoms. The highest BCUT2D eigenvalue weighted by Crippen LogP contribution is 2.28. The molecule has 2 aromatic heterocycles. The van der Waals surface area contributed by atoms with Crippen LogP contribution in [0.3, 0.4) is 0 Å². The molecule has 1 fully saturated rings. The fraction of sp³-hybridized carbons (Fsp3) is 0.474. The summed E-state index contributed by atoms with van der Waals surface area (Å²) in [6, 6.07) is 3.85. The van der Waals surface area contributed by atoms with Crippen molar-refractivity contribution < 1.29 is 4.79 Å². The van der Waals surface area contributed by atoms with Crippen molar-refractivity contribution in [3.63, 3.8) is 0 Å². The predicted molar refractivity (Wildman–Crippen MR) is 98.4 cm³/mol. The summed E-state index contributed by atoms with van der Waals surface area (Å²) >= 11 is 0. The van der Waals surface area contributed by atoms with E-state index in [-0.39, 0.29) is 17.0 Å². The lowest BCUT2D eigenvalue weighted by Crippen LogP contribution is -2.37. The Morgan fingerprint density at radius 1 is 1.23 bits per heavy atom. The highest BCUT2D eigenvalue weighted by atomic mass is 16.2. The van der Waals surface area contributed by atoms with Gasteiger partial charge < -0.3 is 14.8 Å². The zero-order chi connectivity index (χ0) is 18.3. The molecule has 0 unspecified atom stereocenters. The first-order valence-electron chi connectivity index (χ1n) is 9.11. The van der Waals surface area contributed by atoms with Crippen LogP contribution < -0.4 is 10.9 Å². The molecule has 2 aromatic rings. The Morgan fingerprint density at radius 3 is 2.77 bits per heavy atom. The number of aromatic nitrogens is 3. The van der Waals surface area contributed by atoms with E-state index >= 15 is 0 Å². The normalized spacial score (nSPS) is 16.8. The van der Waals surface area contributed by atoms with E-state index in [1.165, 1.54) is 17.4 Å². The van der Waals surface area contributed by atoms with Gasteiger partial charge in [0.2, 0.25) is 0 Å². The largest absolute Gasteiger partial charge is 0.367 e. The Hall–Kier alpha value is -2.70. The van der Waals surface area contributed by atoms with Gasteiger partial charge in [-0.2, -0.15) is 0 Å². The summed E-state index contributed by atoms with van der Waals surface area (Å²) < 4.78 is 1.44. The van der Waals surface area contributed by atoms with Crippen LogP contribution in [0.25, 0.3) is 0 Å².